The first-order valence-corrected chi connectivity index (χ1v) is 8.23. The molecule has 1 atom stereocenters. The Bertz CT molecular complexity index is 802. The van der Waals surface area contributed by atoms with Crippen LogP contribution in [0.15, 0.2) is 41.6 Å². The largest absolute Gasteiger partial charge is 0.485 e. The molecule has 6 nitrogen and oxygen atoms in total. The summed E-state index contributed by atoms with van der Waals surface area (Å²) >= 11 is 0. The average Bonchev–Trinajstić information content (AvgIpc) is 2.98. The molecule has 0 unspecified atom stereocenters. The van der Waals surface area contributed by atoms with Crippen molar-refractivity contribution in [1.82, 2.24) is 9.99 Å². The Kier molecular flexibility index (Phi) is 4.53. The lowest BCUT2D eigenvalue weighted by Crippen LogP contribution is -2.42. The summed E-state index contributed by atoms with van der Waals surface area (Å²) in [6.45, 7) is 6.54. The van der Waals surface area contributed by atoms with Gasteiger partial charge in [0.15, 0.2) is 11.5 Å². The number of rotatable bonds is 3. The first-order valence-electron chi connectivity index (χ1n) is 8.23. The van der Waals surface area contributed by atoms with Crippen LogP contribution < -0.4 is 14.9 Å². The number of benzene rings is 1. The summed E-state index contributed by atoms with van der Waals surface area (Å²) in [6, 6.07) is 9.65. The van der Waals surface area contributed by atoms with Crippen molar-refractivity contribution in [3.05, 3.63) is 47.8 Å². The summed E-state index contributed by atoms with van der Waals surface area (Å²) in [6.07, 6.45) is 2.77. The van der Waals surface area contributed by atoms with Crippen molar-refractivity contribution >= 4 is 12.1 Å². The van der Waals surface area contributed by atoms with Crippen LogP contribution >= 0.6 is 0 Å². The van der Waals surface area contributed by atoms with Gasteiger partial charge in [0.05, 0.1) is 11.9 Å². The van der Waals surface area contributed by atoms with E-state index in [2.05, 4.69) is 31.3 Å². The third-order valence-electron chi connectivity index (χ3n) is 4.12. The summed E-state index contributed by atoms with van der Waals surface area (Å²) in [5.74, 6) is 0.909. The molecular weight excluding hydrogens is 318 g/mol. The second kappa shape index (κ2) is 6.63. The van der Waals surface area contributed by atoms with Gasteiger partial charge in [-0.2, -0.15) is 5.10 Å². The molecule has 3 rings (SSSR count). The smallest absolute Gasteiger partial charge is 0.284 e. The third kappa shape index (κ3) is 3.84. The maximum Gasteiger partial charge on any atom is 0.284 e. The fourth-order valence-electron chi connectivity index (χ4n) is 2.51. The number of hydrogen-bond acceptors (Lipinski definition) is 4. The molecular formula is C19H23N3O3. The minimum Gasteiger partial charge on any atom is -0.485 e. The summed E-state index contributed by atoms with van der Waals surface area (Å²) in [5.41, 5.74) is 4.51. The van der Waals surface area contributed by atoms with Crippen LogP contribution in [-0.4, -0.2) is 29.4 Å². The number of nitrogens with one attached hydrogen (secondary N) is 1. The molecule has 1 amide bonds. The number of aromatic nitrogens is 1. The summed E-state index contributed by atoms with van der Waals surface area (Å²) < 4.78 is 13.4. The molecule has 1 aliphatic heterocycles. The van der Waals surface area contributed by atoms with E-state index in [9.17, 15) is 4.79 Å². The van der Waals surface area contributed by atoms with Gasteiger partial charge >= 0.3 is 0 Å². The molecule has 2 heterocycles. The highest BCUT2D eigenvalue weighted by Gasteiger charge is 2.28. The zero-order valence-electron chi connectivity index (χ0n) is 14.9. The van der Waals surface area contributed by atoms with Gasteiger partial charge in [0, 0.05) is 13.2 Å². The van der Waals surface area contributed by atoms with Crippen molar-refractivity contribution in [2.75, 3.05) is 6.61 Å². The molecule has 0 spiro atoms. The fourth-order valence-corrected chi connectivity index (χ4v) is 2.51. The van der Waals surface area contributed by atoms with Gasteiger partial charge in [-0.3, -0.25) is 4.79 Å². The molecule has 0 aliphatic carbocycles. The summed E-state index contributed by atoms with van der Waals surface area (Å²) in [5, 5.41) is 3.98. The van der Waals surface area contributed by atoms with Crippen molar-refractivity contribution in [3.8, 4) is 11.5 Å². The van der Waals surface area contributed by atoms with E-state index in [-0.39, 0.29) is 17.9 Å². The molecule has 6 heteroatoms. The second-order valence-corrected chi connectivity index (χ2v) is 7.11. The average molecular weight is 341 g/mol. The quantitative estimate of drug-likeness (QED) is 0.689. The maximum absolute atomic E-state index is 12.3. The zero-order valence-corrected chi connectivity index (χ0v) is 14.9. The summed E-state index contributed by atoms with van der Waals surface area (Å²) in [7, 11) is 1.91. The number of hydrogen-bond donors (Lipinski definition) is 1. The number of carbonyl (C=O) groups is 1. The van der Waals surface area contributed by atoms with Gasteiger partial charge in [0.1, 0.15) is 6.61 Å². The van der Waals surface area contributed by atoms with Crippen molar-refractivity contribution in [1.29, 1.82) is 0 Å². The van der Waals surface area contributed by atoms with E-state index in [0.717, 1.165) is 11.3 Å². The van der Waals surface area contributed by atoms with Gasteiger partial charge in [-0.05, 0) is 35.2 Å². The Hall–Kier alpha value is -2.76. The number of fused-ring (bicyclic) bond motifs is 1. The first kappa shape index (κ1) is 17.1. The highest BCUT2D eigenvalue weighted by Crippen LogP contribution is 2.36. The Morgan fingerprint density at radius 3 is 2.80 bits per heavy atom. The van der Waals surface area contributed by atoms with Crippen LogP contribution in [0.1, 0.15) is 32.0 Å². The normalized spacial score (nSPS) is 16.9. The number of amides is 1. The molecule has 0 saturated heterocycles. The predicted octanol–water partition coefficient (Wildman–Crippen LogP) is 2.61. The van der Waals surface area contributed by atoms with Crippen LogP contribution in [0.2, 0.25) is 0 Å². The maximum atomic E-state index is 12.3. The minimum absolute atomic E-state index is 0.00699. The van der Waals surface area contributed by atoms with Crippen LogP contribution in [0.4, 0.5) is 0 Å². The molecule has 1 N–H and O–H groups in total. The Morgan fingerprint density at radius 1 is 1.32 bits per heavy atom. The zero-order chi connectivity index (χ0) is 18.0. The molecule has 0 saturated carbocycles. The van der Waals surface area contributed by atoms with Crippen molar-refractivity contribution in [2.45, 2.75) is 32.3 Å². The minimum atomic E-state index is -0.728. The van der Waals surface area contributed by atoms with E-state index in [1.54, 1.807) is 6.21 Å². The van der Waals surface area contributed by atoms with E-state index in [0.29, 0.717) is 11.5 Å². The number of hydrazone groups is 1. The van der Waals surface area contributed by atoms with Gasteiger partial charge in [0.25, 0.3) is 5.91 Å². The lowest BCUT2D eigenvalue weighted by atomic mass is 9.87. The molecule has 1 aromatic carbocycles. The Morgan fingerprint density at radius 2 is 2.12 bits per heavy atom. The highest BCUT2D eigenvalue weighted by atomic mass is 16.6. The van der Waals surface area contributed by atoms with Crippen molar-refractivity contribution in [2.24, 2.45) is 12.1 Å². The molecule has 0 bridgehead atoms. The molecule has 0 fully saturated rings. The van der Waals surface area contributed by atoms with E-state index in [4.69, 9.17) is 9.47 Å². The number of carbonyl (C=O) groups excluding carboxylic acids is 1. The number of aryl methyl sites for hydroxylation is 1. The van der Waals surface area contributed by atoms with Crippen molar-refractivity contribution < 1.29 is 14.3 Å². The standard InChI is InChI=1S/C19H23N3O3/c1-19(2,3)13-7-8-15-16(10-13)25-17(12-24-15)18(23)21-20-11-14-6-5-9-22(14)4/h5-11,17H,12H2,1-4H3,(H,21,23)/b20-11+/t17-/m0/s1. The Balaban J connectivity index is 1.66. The van der Waals surface area contributed by atoms with Crippen LogP contribution in [0.25, 0.3) is 0 Å². The SMILES string of the molecule is Cn1cccc1/C=N/NC(=O)[C@@H]1COc2ccc(C(C)(C)C)cc2O1. The number of ether oxygens (including phenoxy) is 2. The predicted molar refractivity (Wildman–Crippen MR) is 96.2 cm³/mol. The lowest BCUT2D eigenvalue weighted by molar-refractivity contribution is -0.130. The van der Waals surface area contributed by atoms with Crippen molar-refractivity contribution in [3.63, 3.8) is 0 Å². The van der Waals surface area contributed by atoms with E-state index < -0.39 is 6.10 Å². The van der Waals surface area contributed by atoms with Gasteiger partial charge in [-0.25, -0.2) is 5.43 Å². The van der Waals surface area contributed by atoms with E-state index in [1.165, 1.54) is 0 Å². The van der Waals surface area contributed by atoms with Gasteiger partial charge < -0.3 is 14.0 Å². The molecule has 2 aromatic rings. The van der Waals surface area contributed by atoms with Crippen LogP contribution in [0.3, 0.4) is 0 Å². The Labute approximate surface area is 147 Å². The van der Waals surface area contributed by atoms with Crippen LogP contribution in [-0.2, 0) is 17.3 Å². The topological polar surface area (TPSA) is 64.9 Å². The van der Waals surface area contributed by atoms with Gasteiger partial charge in [-0.1, -0.05) is 26.8 Å². The van der Waals surface area contributed by atoms with Crippen LogP contribution in [0, 0.1) is 0 Å². The van der Waals surface area contributed by atoms with E-state index >= 15 is 0 Å². The summed E-state index contributed by atoms with van der Waals surface area (Å²) in [4.78, 5) is 12.3. The molecule has 1 aromatic heterocycles. The molecule has 1 aliphatic rings. The first-order chi connectivity index (χ1) is 11.8. The molecule has 0 radical (unpaired) electrons. The van der Waals surface area contributed by atoms with Crippen LogP contribution in [0.5, 0.6) is 11.5 Å². The van der Waals surface area contributed by atoms with E-state index in [1.807, 2.05) is 48.1 Å². The van der Waals surface area contributed by atoms with Gasteiger partial charge in [0.2, 0.25) is 6.10 Å². The van der Waals surface area contributed by atoms with Gasteiger partial charge in [-0.15, -0.1) is 0 Å². The fraction of sp³-hybridized carbons (Fsp3) is 0.368. The molecule has 132 valence electrons. The monoisotopic (exact) mass is 341 g/mol. The second-order valence-electron chi connectivity index (χ2n) is 7.11. The number of nitrogens with zero attached hydrogens (tertiary/aromatic N) is 2. The highest BCUT2D eigenvalue weighted by molar-refractivity contribution is 5.84. The third-order valence-corrected chi connectivity index (χ3v) is 4.12. The lowest BCUT2D eigenvalue weighted by Gasteiger charge is -2.27. The molecule has 25 heavy (non-hydrogen) atoms.